The second-order valence-corrected chi connectivity index (χ2v) is 1.90. The van der Waals surface area contributed by atoms with Gasteiger partial charge in [-0.15, -0.1) is 0 Å². The molecule has 0 bridgehead atoms. The van der Waals surface area contributed by atoms with E-state index in [1.54, 1.807) is 6.92 Å². The van der Waals surface area contributed by atoms with Crippen molar-refractivity contribution in [1.82, 2.24) is 9.55 Å². The molecule has 0 saturated heterocycles. The van der Waals surface area contributed by atoms with Gasteiger partial charge in [-0.3, -0.25) is 0 Å². The van der Waals surface area contributed by atoms with E-state index in [1.165, 1.54) is 17.1 Å². The van der Waals surface area contributed by atoms with E-state index in [2.05, 4.69) is 9.72 Å². The first kappa shape index (κ1) is 7.59. The van der Waals surface area contributed by atoms with Crippen molar-refractivity contribution < 1.29 is 9.53 Å². The van der Waals surface area contributed by atoms with Crippen LogP contribution in [0.4, 0.5) is 10.6 Å². The highest BCUT2D eigenvalue weighted by atomic mass is 16.5. The Hall–Kier alpha value is -1.52. The molecular formula is C6H9N3O2. The number of imidazole rings is 1. The van der Waals surface area contributed by atoms with E-state index in [4.69, 9.17) is 5.73 Å². The number of rotatable bonds is 1. The third-order valence-electron chi connectivity index (χ3n) is 1.08. The number of nitrogens with zero attached hydrogens (tertiary/aromatic N) is 2. The van der Waals surface area contributed by atoms with Gasteiger partial charge in [0.15, 0.2) is 0 Å². The van der Waals surface area contributed by atoms with Crippen LogP contribution in [-0.4, -0.2) is 22.3 Å². The summed E-state index contributed by atoms with van der Waals surface area (Å²) in [6.07, 6.45) is 2.25. The Balaban J connectivity index is 2.69. The van der Waals surface area contributed by atoms with Crippen molar-refractivity contribution in [3.8, 4) is 0 Å². The fraction of sp³-hybridized carbons (Fsp3) is 0.333. The molecule has 5 nitrogen and oxygen atoms in total. The van der Waals surface area contributed by atoms with Crippen molar-refractivity contribution in [2.45, 2.75) is 6.92 Å². The average molecular weight is 155 g/mol. The minimum absolute atomic E-state index is 0.304. The monoisotopic (exact) mass is 155 g/mol. The van der Waals surface area contributed by atoms with Crippen LogP contribution in [0.5, 0.6) is 0 Å². The second-order valence-electron chi connectivity index (χ2n) is 1.90. The van der Waals surface area contributed by atoms with Gasteiger partial charge in [0, 0.05) is 0 Å². The van der Waals surface area contributed by atoms with Crippen molar-refractivity contribution in [1.29, 1.82) is 0 Å². The Kier molecular flexibility index (Phi) is 2.10. The zero-order valence-electron chi connectivity index (χ0n) is 6.15. The van der Waals surface area contributed by atoms with Crippen LogP contribution >= 0.6 is 0 Å². The maximum Gasteiger partial charge on any atom is 0.419 e. The number of hydrogen-bond donors (Lipinski definition) is 1. The average Bonchev–Trinajstić information content (AvgIpc) is 2.36. The van der Waals surface area contributed by atoms with Crippen LogP contribution in [0.3, 0.4) is 0 Å². The van der Waals surface area contributed by atoms with Gasteiger partial charge in [-0.25, -0.2) is 14.3 Å². The molecule has 0 unspecified atom stereocenters. The summed E-state index contributed by atoms with van der Waals surface area (Å²) in [6.45, 7) is 2.08. The van der Waals surface area contributed by atoms with Crippen LogP contribution in [0.25, 0.3) is 0 Å². The molecule has 11 heavy (non-hydrogen) atoms. The molecule has 0 radical (unpaired) electrons. The Morgan fingerprint density at radius 1 is 1.91 bits per heavy atom. The molecule has 1 aromatic heterocycles. The van der Waals surface area contributed by atoms with Gasteiger partial charge in [-0.05, 0) is 6.92 Å². The van der Waals surface area contributed by atoms with Gasteiger partial charge in [-0.1, -0.05) is 0 Å². The molecule has 0 saturated carbocycles. The molecule has 1 rings (SSSR count). The van der Waals surface area contributed by atoms with Crippen molar-refractivity contribution in [3.05, 3.63) is 12.5 Å². The second kappa shape index (κ2) is 3.05. The number of ether oxygens (including phenoxy) is 1. The van der Waals surface area contributed by atoms with E-state index < -0.39 is 6.09 Å². The van der Waals surface area contributed by atoms with E-state index in [9.17, 15) is 4.79 Å². The van der Waals surface area contributed by atoms with E-state index in [1.807, 2.05) is 0 Å². The van der Waals surface area contributed by atoms with Crippen LogP contribution in [-0.2, 0) is 4.74 Å². The third-order valence-corrected chi connectivity index (χ3v) is 1.08. The Bertz CT molecular complexity index is 256. The van der Waals surface area contributed by atoms with Gasteiger partial charge < -0.3 is 10.5 Å². The summed E-state index contributed by atoms with van der Waals surface area (Å²) < 4.78 is 5.86. The molecule has 0 aliphatic heterocycles. The Morgan fingerprint density at radius 3 is 3.09 bits per heavy atom. The summed E-state index contributed by atoms with van der Waals surface area (Å²) in [7, 11) is 0. The van der Waals surface area contributed by atoms with Crippen molar-refractivity contribution in [2.75, 3.05) is 12.3 Å². The third kappa shape index (κ3) is 1.70. The first-order valence-corrected chi connectivity index (χ1v) is 3.20. The van der Waals surface area contributed by atoms with E-state index in [0.717, 1.165) is 0 Å². The highest BCUT2D eigenvalue weighted by Crippen LogP contribution is 1.97. The lowest BCUT2D eigenvalue weighted by Crippen LogP contribution is -2.11. The predicted molar refractivity (Wildman–Crippen MR) is 39.1 cm³/mol. The molecule has 0 spiro atoms. The lowest BCUT2D eigenvalue weighted by atomic mass is 10.8. The minimum Gasteiger partial charge on any atom is -0.449 e. The molecule has 5 heteroatoms. The largest absolute Gasteiger partial charge is 0.449 e. The minimum atomic E-state index is -0.461. The maximum absolute atomic E-state index is 10.9. The molecule has 0 fully saturated rings. The fourth-order valence-electron chi connectivity index (χ4n) is 0.636. The zero-order valence-corrected chi connectivity index (χ0v) is 6.15. The molecule has 1 aromatic rings. The number of aromatic nitrogens is 2. The topological polar surface area (TPSA) is 70.1 Å². The maximum atomic E-state index is 10.9. The van der Waals surface area contributed by atoms with Gasteiger partial charge >= 0.3 is 6.09 Å². The predicted octanol–water partition coefficient (Wildman–Crippen LogP) is 0.470. The number of nitrogens with two attached hydrogens (primary N) is 1. The van der Waals surface area contributed by atoms with Crippen LogP contribution in [0, 0.1) is 0 Å². The molecule has 2 N–H and O–H groups in total. The normalized spacial score (nSPS) is 9.55. The van der Waals surface area contributed by atoms with Crippen LogP contribution in [0.1, 0.15) is 6.92 Å². The molecule has 0 aliphatic rings. The standard InChI is InChI=1S/C6H9N3O2/c1-2-11-6(10)9-3-5(7)8-4-9/h3-4H,2,7H2,1H3. The van der Waals surface area contributed by atoms with E-state index >= 15 is 0 Å². The Morgan fingerprint density at radius 2 is 2.64 bits per heavy atom. The molecule has 0 amide bonds. The first-order valence-electron chi connectivity index (χ1n) is 3.20. The van der Waals surface area contributed by atoms with Crippen LogP contribution in [0.2, 0.25) is 0 Å². The van der Waals surface area contributed by atoms with Crippen LogP contribution in [0.15, 0.2) is 12.5 Å². The van der Waals surface area contributed by atoms with Crippen molar-refractivity contribution in [2.24, 2.45) is 0 Å². The zero-order chi connectivity index (χ0) is 8.27. The van der Waals surface area contributed by atoms with Gasteiger partial charge in [0.1, 0.15) is 12.1 Å². The Labute approximate surface area is 63.8 Å². The lowest BCUT2D eigenvalue weighted by molar-refractivity contribution is 0.154. The number of carbonyl (C=O) groups excluding carboxylic acids is 1. The van der Waals surface area contributed by atoms with Crippen molar-refractivity contribution in [3.63, 3.8) is 0 Å². The number of anilines is 1. The number of hydrogen-bond acceptors (Lipinski definition) is 4. The highest BCUT2D eigenvalue weighted by molar-refractivity contribution is 5.70. The summed E-state index contributed by atoms with van der Waals surface area (Å²) in [5.41, 5.74) is 5.27. The highest BCUT2D eigenvalue weighted by Gasteiger charge is 2.03. The molecule has 1 heterocycles. The molecule has 0 aliphatic carbocycles. The summed E-state index contributed by atoms with van der Waals surface area (Å²) in [5.74, 6) is 0.304. The smallest absolute Gasteiger partial charge is 0.419 e. The van der Waals surface area contributed by atoms with Gasteiger partial charge in [0.05, 0.1) is 12.8 Å². The summed E-state index contributed by atoms with van der Waals surface area (Å²) in [4.78, 5) is 14.6. The van der Waals surface area contributed by atoms with Gasteiger partial charge in [0.2, 0.25) is 0 Å². The molecule has 60 valence electrons. The molecular weight excluding hydrogens is 146 g/mol. The van der Waals surface area contributed by atoms with Gasteiger partial charge in [0.25, 0.3) is 0 Å². The van der Waals surface area contributed by atoms with E-state index in [0.29, 0.717) is 12.4 Å². The lowest BCUT2D eigenvalue weighted by Gasteiger charge is -1.98. The summed E-state index contributed by atoms with van der Waals surface area (Å²) >= 11 is 0. The van der Waals surface area contributed by atoms with Crippen LogP contribution < -0.4 is 5.73 Å². The number of nitrogen functional groups attached to an aromatic ring is 1. The summed E-state index contributed by atoms with van der Waals surface area (Å²) in [6, 6.07) is 0. The van der Waals surface area contributed by atoms with Gasteiger partial charge in [-0.2, -0.15) is 0 Å². The SMILES string of the molecule is CCOC(=O)n1cnc(N)c1. The number of carbonyl (C=O) groups is 1. The fourth-order valence-corrected chi connectivity index (χ4v) is 0.636. The first-order chi connectivity index (χ1) is 5.24. The quantitative estimate of drug-likeness (QED) is 0.640. The molecule has 0 aromatic carbocycles. The summed E-state index contributed by atoms with van der Waals surface area (Å²) in [5, 5.41) is 0. The molecule has 0 atom stereocenters. The van der Waals surface area contributed by atoms with E-state index in [-0.39, 0.29) is 0 Å². The van der Waals surface area contributed by atoms with Crippen molar-refractivity contribution >= 4 is 11.9 Å².